The number of aryl methyl sites for hydroxylation is 1. The van der Waals surface area contributed by atoms with Gasteiger partial charge in [0, 0.05) is 0 Å². The van der Waals surface area contributed by atoms with Crippen molar-refractivity contribution in [1.29, 1.82) is 0 Å². The fourth-order valence-corrected chi connectivity index (χ4v) is 3.01. The zero-order valence-electron chi connectivity index (χ0n) is 15.5. The Morgan fingerprint density at radius 1 is 1.26 bits per heavy atom. The summed E-state index contributed by atoms with van der Waals surface area (Å²) in [7, 11) is 0. The van der Waals surface area contributed by atoms with Crippen LogP contribution < -0.4 is 0 Å². The maximum Gasteiger partial charge on any atom is 0.418 e. The summed E-state index contributed by atoms with van der Waals surface area (Å²) in [5, 5.41) is 14.0. The molecule has 0 aliphatic rings. The lowest BCUT2D eigenvalue weighted by Crippen LogP contribution is -2.14. The Morgan fingerprint density at radius 2 is 1.93 bits per heavy atom. The van der Waals surface area contributed by atoms with Gasteiger partial charge in [-0.2, -0.15) is 18.3 Å². The minimum absolute atomic E-state index is 0.00752. The summed E-state index contributed by atoms with van der Waals surface area (Å²) in [6.07, 6.45) is 1.09. The Bertz CT molecular complexity index is 836. The van der Waals surface area contributed by atoms with Gasteiger partial charge >= 0.3 is 12.1 Å². The van der Waals surface area contributed by atoms with E-state index in [2.05, 4.69) is 5.10 Å². The second kappa shape index (κ2) is 8.41. The molecule has 2 rings (SSSR count). The average molecular weight is 380 g/mol. The summed E-state index contributed by atoms with van der Waals surface area (Å²) in [4.78, 5) is 11.9. The summed E-state index contributed by atoms with van der Waals surface area (Å²) in [5.41, 5.74) is -0.445. The van der Waals surface area contributed by atoms with Crippen LogP contribution in [0.1, 0.15) is 66.8 Å². The number of benzene rings is 1. The number of halogens is 3. The van der Waals surface area contributed by atoms with E-state index in [1.165, 1.54) is 18.2 Å². The fourth-order valence-electron chi connectivity index (χ4n) is 3.01. The van der Waals surface area contributed by atoms with E-state index in [0.717, 1.165) is 17.2 Å². The lowest BCUT2D eigenvalue weighted by Gasteiger charge is -2.16. The molecule has 7 heteroatoms. The van der Waals surface area contributed by atoms with Crippen molar-refractivity contribution in [3.05, 3.63) is 58.9 Å². The third-order valence-corrected chi connectivity index (χ3v) is 4.14. The average Bonchev–Trinajstić information content (AvgIpc) is 2.98. The number of hydrogen-bond acceptors (Lipinski definition) is 2. The number of rotatable bonds is 7. The highest BCUT2D eigenvalue weighted by molar-refractivity contribution is 5.90. The number of aromatic carboxylic acids is 1. The van der Waals surface area contributed by atoms with Crippen LogP contribution in [0.15, 0.2) is 36.4 Å². The number of hydrogen-bond donors (Lipinski definition) is 1. The van der Waals surface area contributed by atoms with Crippen molar-refractivity contribution in [3.63, 3.8) is 0 Å². The summed E-state index contributed by atoms with van der Waals surface area (Å²) >= 11 is 0. The molecule has 2 aromatic rings. The summed E-state index contributed by atoms with van der Waals surface area (Å²) < 4.78 is 41.5. The maximum absolute atomic E-state index is 13.5. The van der Waals surface area contributed by atoms with Crippen molar-refractivity contribution in [2.24, 2.45) is 0 Å². The highest BCUT2D eigenvalue weighted by Gasteiger charge is 2.35. The van der Waals surface area contributed by atoms with Crippen LogP contribution in [0.2, 0.25) is 0 Å². The van der Waals surface area contributed by atoms with Crippen molar-refractivity contribution >= 4 is 5.97 Å². The molecule has 1 aromatic carbocycles. The monoisotopic (exact) mass is 380 g/mol. The standard InChI is InChI=1S/C20H23F3N2O2/c1-4-5-6-7-11-15-17(19(26)27)18(13(2)3)25(24-15)16-12-9-8-10-14(16)20(21,22)23/h5-6,8-10,12-13H,4,7,11H2,1-3H3,(H,26,27)/b6-5-. The normalized spacial score (nSPS) is 12.3. The van der Waals surface area contributed by atoms with Gasteiger partial charge in [0.2, 0.25) is 0 Å². The van der Waals surface area contributed by atoms with Crippen molar-refractivity contribution in [2.45, 2.75) is 52.1 Å². The smallest absolute Gasteiger partial charge is 0.418 e. The number of carboxylic acids is 1. The molecule has 0 atom stereocenters. The predicted octanol–water partition coefficient (Wildman–Crippen LogP) is 5.61. The van der Waals surface area contributed by atoms with E-state index in [0.29, 0.717) is 18.5 Å². The lowest BCUT2D eigenvalue weighted by molar-refractivity contribution is -0.137. The minimum Gasteiger partial charge on any atom is -0.478 e. The van der Waals surface area contributed by atoms with Crippen LogP contribution in [0, 0.1) is 0 Å². The van der Waals surface area contributed by atoms with Gasteiger partial charge < -0.3 is 5.11 Å². The van der Waals surface area contributed by atoms with Gasteiger partial charge in [-0.15, -0.1) is 0 Å². The molecule has 0 unspecified atom stereocenters. The zero-order chi connectivity index (χ0) is 20.2. The first-order valence-corrected chi connectivity index (χ1v) is 8.85. The molecule has 146 valence electrons. The molecular formula is C20H23F3N2O2. The highest BCUT2D eigenvalue weighted by atomic mass is 19.4. The molecular weight excluding hydrogens is 357 g/mol. The van der Waals surface area contributed by atoms with Crippen molar-refractivity contribution in [3.8, 4) is 5.69 Å². The van der Waals surface area contributed by atoms with E-state index < -0.39 is 17.7 Å². The molecule has 27 heavy (non-hydrogen) atoms. The molecule has 0 fully saturated rings. The third kappa shape index (κ3) is 4.59. The maximum atomic E-state index is 13.5. The summed E-state index contributed by atoms with van der Waals surface area (Å²) in [5.74, 6) is -1.49. The second-order valence-electron chi connectivity index (χ2n) is 6.51. The van der Waals surface area contributed by atoms with E-state index in [1.54, 1.807) is 13.8 Å². The molecule has 4 nitrogen and oxygen atoms in total. The molecule has 0 saturated carbocycles. The molecule has 0 radical (unpaired) electrons. The van der Waals surface area contributed by atoms with E-state index in [-0.39, 0.29) is 22.9 Å². The van der Waals surface area contributed by atoms with Crippen molar-refractivity contribution in [2.75, 3.05) is 0 Å². The molecule has 0 saturated heterocycles. The van der Waals surface area contributed by atoms with Crippen LogP contribution in [0.5, 0.6) is 0 Å². The first kappa shape index (κ1) is 20.7. The number of carbonyl (C=O) groups is 1. The molecule has 0 spiro atoms. The number of alkyl halides is 3. The van der Waals surface area contributed by atoms with Gasteiger partial charge in [0.1, 0.15) is 5.56 Å². The summed E-state index contributed by atoms with van der Waals surface area (Å²) in [6.45, 7) is 5.48. The second-order valence-corrected chi connectivity index (χ2v) is 6.51. The van der Waals surface area contributed by atoms with Crippen LogP contribution in [0.3, 0.4) is 0 Å². The van der Waals surface area contributed by atoms with E-state index in [9.17, 15) is 23.1 Å². The van der Waals surface area contributed by atoms with Gasteiger partial charge in [0.15, 0.2) is 0 Å². The predicted molar refractivity (Wildman–Crippen MR) is 97.4 cm³/mol. The number of nitrogens with zero attached hydrogens (tertiary/aromatic N) is 2. The first-order chi connectivity index (χ1) is 12.7. The molecule has 1 aromatic heterocycles. The van der Waals surface area contributed by atoms with Gasteiger partial charge in [0.05, 0.1) is 22.6 Å². The van der Waals surface area contributed by atoms with Crippen LogP contribution in [-0.2, 0) is 12.6 Å². The molecule has 0 aliphatic carbocycles. The van der Waals surface area contributed by atoms with E-state index in [1.807, 2.05) is 19.1 Å². The van der Waals surface area contributed by atoms with Crippen LogP contribution in [0.4, 0.5) is 13.2 Å². The largest absolute Gasteiger partial charge is 0.478 e. The number of allylic oxidation sites excluding steroid dienone is 2. The molecule has 0 bridgehead atoms. The van der Waals surface area contributed by atoms with E-state index in [4.69, 9.17) is 0 Å². The van der Waals surface area contributed by atoms with Crippen LogP contribution >= 0.6 is 0 Å². The van der Waals surface area contributed by atoms with Gasteiger partial charge in [-0.25, -0.2) is 9.48 Å². The van der Waals surface area contributed by atoms with Crippen LogP contribution in [-0.4, -0.2) is 20.9 Å². The third-order valence-electron chi connectivity index (χ3n) is 4.14. The Balaban J connectivity index is 2.67. The van der Waals surface area contributed by atoms with Gasteiger partial charge in [-0.05, 0) is 37.3 Å². The first-order valence-electron chi connectivity index (χ1n) is 8.85. The topological polar surface area (TPSA) is 55.1 Å². The van der Waals surface area contributed by atoms with E-state index >= 15 is 0 Å². The molecule has 0 amide bonds. The fraction of sp³-hybridized carbons (Fsp3) is 0.400. The Morgan fingerprint density at radius 3 is 2.48 bits per heavy atom. The zero-order valence-corrected chi connectivity index (χ0v) is 15.5. The Labute approximate surface area is 156 Å². The highest BCUT2D eigenvalue weighted by Crippen LogP contribution is 2.36. The summed E-state index contributed by atoms with van der Waals surface area (Å²) in [6, 6.07) is 5.08. The van der Waals surface area contributed by atoms with Crippen LogP contribution in [0.25, 0.3) is 5.69 Å². The Kier molecular flexibility index (Phi) is 6.46. The Hall–Kier alpha value is -2.57. The SMILES string of the molecule is CC/C=C\CCc1nn(-c2ccccc2C(F)(F)F)c(C(C)C)c1C(=O)O. The molecule has 0 aliphatic heterocycles. The van der Waals surface area contributed by atoms with Crippen molar-refractivity contribution < 1.29 is 23.1 Å². The van der Waals surface area contributed by atoms with Gasteiger partial charge in [-0.3, -0.25) is 0 Å². The number of para-hydroxylation sites is 1. The van der Waals surface area contributed by atoms with Gasteiger partial charge in [0.25, 0.3) is 0 Å². The number of aromatic nitrogens is 2. The van der Waals surface area contributed by atoms with Crippen molar-refractivity contribution in [1.82, 2.24) is 9.78 Å². The minimum atomic E-state index is -4.57. The number of carboxylic acid groups (broad SMARTS) is 1. The molecule has 1 N–H and O–H groups in total. The van der Waals surface area contributed by atoms with Gasteiger partial charge in [-0.1, -0.05) is 45.1 Å². The molecule has 1 heterocycles. The quantitative estimate of drug-likeness (QED) is 0.635. The lowest BCUT2D eigenvalue weighted by atomic mass is 10.0.